The van der Waals surface area contributed by atoms with Crippen LogP contribution < -0.4 is 21.6 Å². The molecule has 1 saturated carbocycles. The Labute approximate surface area is 249 Å². The number of benzene rings is 2. The van der Waals surface area contributed by atoms with Crippen molar-refractivity contribution in [1.82, 2.24) is 30.9 Å². The van der Waals surface area contributed by atoms with Crippen LogP contribution in [0.2, 0.25) is 5.02 Å². The summed E-state index contributed by atoms with van der Waals surface area (Å²) in [6, 6.07) is 14.5. The molecule has 0 radical (unpaired) electrons. The molecule has 1 atom stereocenters. The highest BCUT2D eigenvalue weighted by atomic mass is 35.5. The maximum absolute atomic E-state index is 13.9. The van der Waals surface area contributed by atoms with Gasteiger partial charge in [0.15, 0.2) is 5.82 Å². The van der Waals surface area contributed by atoms with Gasteiger partial charge in [0.1, 0.15) is 12.3 Å². The maximum atomic E-state index is 13.9. The molecule has 214 valence electrons. The molecule has 4 heterocycles. The van der Waals surface area contributed by atoms with Crippen LogP contribution >= 0.6 is 11.6 Å². The van der Waals surface area contributed by atoms with Crippen LogP contribution in [-0.4, -0.2) is 26.0 Å². The van der Waals surface area contributed by atoms with Gasteiger partial charge < -0.3 is 20.5 Å². The predicted molar refractivity (Wildman–Crippen MR) is 156 cm³/mol. The first-order valence-corrected chi connectivity index (χ1v) is 13.7. The van der Waals surface area contributed by atoms with Gasteiger partial charge in [0.2, 0.25) is 11.8 Å². The van der Waals surface area contributed by atoms with E-state index in [1.54, 1.807) is 18.3 Å². The SMILES string of the molecule is N#Cc1cnc2c(Cl)cc(N[C@H](C3=CN(C4CC4)NN3)c3cccc(-c4ncco4)c3)cc2c1Nc1cnc(F)c(F)c1. The molecular formula is C30H22ClF2N9O. The van der Waals surface area contributed by atoms with Crippen molar-refractivity contribution in [3.8, 4) is 17.5 Å². The van der Waals surface area contributed by atoms with Crippen molar-refractivity contribution in [2.75, 3.05) is 10.6 Å². The molecule has 0 amide bonds. The van der Waals surface area contributed by atoms with Gasteiger partial charge >= 0.3 is 0 Å². The van der Waals surface area contributed by atoms with Crippen LogP contribution in [0.3, 0.4) is 0 Å². The Morgan fingerprint density at radius 3 is 2.74 bits per heavy atom. The largest absolute Gasteiger partial charge is 0.445 e. The zero-order valence-corrected chi connectivity index (χ0v) is 23.0. The Morgan fingerprint density at radius 1 is 1.09 bits per heavy atom. The third kappa shape index (κ3) is 5.27. The number of nitriles is 1. The molecule has 0 saturated heterocycles. The summed E-state index contributed by atoms with van der Waals surface area (Å²) in [4.78, 5) is 12.1. The number of hydrazine groups is 2. The number of nitrogens with one attached hydrogen (secondary N) is 4. The summed E-state index contributed by atoms with van der Waals surface area (Å²) >= 11 is 6.73. The molecule has 2 aromatic carbocycles. The van der Waals surface area contributed by atoms with E-state index in [-0.39, 0.29) is 17.3 Å². The monoisotopic (exact) mass is 597 g/mol. The fourth-order valence-electron chi connectivity index (χ4n) is 4.96. The van der Waals surface area contributed by atoms with E-state index in [1.165, 1.54) is 12.5 Å². The van der Waals surface area contributed by atoms with Gasteiger partial charge in [-0.05, 0) is 42.7 Å². The number of aromatic nitrogens is 3. The molecule has 1 aliphatic heterocycles. The van der Waals surface area contributed by atoms with Crippen LogP contribution in [0.25, 0.3) is 22.4 Å². The zero-order chi connectivity index (χ0) is 29.5. The summed E-state index contributed by atoms with van der Waals surface area (Å²) in [5, 5.41) is 19.3. The van der Waals surface area contributed by atoms with Crippen molar-refractivity contribution in [3.05, 3.63) is 107 Å². The second-order valence-electron chi connectivity index (χ2n) is 10.1. The topological polar surface area (TPSA) is 127 Å². The van der Waals surface area contributed by atoms with E-state index < -0.39 is 11.8 Å². The Bertz CT molecular complexity index is 1920. The molecule has 10 nitrogen and oxygen atoms in total. The zero-order valence-electron chi connectivity index (χ0n) is 22.3. The highest BCUT2D eigenvalue weighted by Crippen LogP contribution is 2.38. The van der Waals surface area contributed by atoms with Crippen LogP contribution in [0.5, 0.6) is 0 Å². The average Bonchev–Trinajstić information content (AvgIpc) is 3.49. The van der Waals surface area contributed by atoms with Crippen molar-refractivity contribution in [3.63, 3.8) is 0 Å². The van der Waals surface area contributed by atoms with Crippen LogP contribution in [-0.2, 0) is 0 Å². The van der Waals surface area contributed by atoms with Crippen LogP contribution in [0.1, 0.15) is 30.0 Å². The lowest BCUT2D eigenvalue weighted by Crippen LogP contribution is -2.38. The van der Waals surface area contributed by atoms with Crippen molar-refractivity contribution in [2.24, 2.45) is 0 Å². The van der Waals surface area contributed by atoms with E-state index >= 15 is 0 Å². The summed E-state index contributed by atoms with van der Waals surface area (Å²) in [6.07, 6.45) is 9.89. The number of hydrogen-bond acceptors (Lipinski definition) is 10. The number of rotatable bonds is 8. The third-order valence-corrected chi connectivity index (χ3v) is 7.47. The Morgan fingerprint density at radius 2 is 1.98 bits per heavy atom. The lowest BCUT2D eigenvalue weighted by molar-refractivity contribution is 0.260. The fourth-order valence-corrected chi connectivity index (χ4v) is 5.23. The third-order valence-electron chi connectivity index (χ3n) is 7.18. The van der Waals surface area contributed by atoms with Crippen LogP contribution in [0.4, 0.5) is 25.8 Å². The number of hydrogen-bond donors (Lipinski definition) is 4. The van der Waals surface area contributed by atoms with Gasteiger partial charge in [-0.3, -0.25) is 9.99 Å². The van der Waals surface area contributed by atoms with Gasteiger partial charge in [-0.1, -0.05) is 23.7 Å². The van der Waals surface area contributed by atoms with Crippen LogP contribution in [0, 0.1) is 23.1 Å². The standard InChI is InChI=1S/C30H22ClF2N9O/c31-23-10-19(9-22-26(18(12-34)13-36-28(22)23)39-20-11-24(32)29(33)37-14-20)38-27(25-15-42(41-40-25)21-4-5-21)16-2-1-3-17(8-16)30-35-6-7-43-30/h1-3,6-11,13-15,21,27,38,40-41H,4-5H2,(H,36,39)/t27-/m0/s1. The number of anilines is 3. The minimum absolute atomic E-state index is 0.158. The van der Waals surface area contributed by atoms with Gasteiger partial charge in [-0.15, -0.1) is 5.53 Å². The maximum Gasteiger partial charge on any atom is 0.249 e. The molecule has 1 fully saturated rings. The lowest BCUT2D eigenvalue weighted by Gasteiger charge is -2.23. The summed E-state index contributed by atoms with van der Waals surface area (Å²) in [5.41, 5.74) is 10.8. The second-order valence-corrected chi connectivity index (χ2v) is 10.5. The molecule has 1 aliphatic carbocycles. The van der Waals surface area contributed by atoms with Crippen molar-refractivity contribution in [1.29, 1.82) is 5.26 Å². The highest BCUT2D eigenvalue weighted by molar-refractivity contribution is 6.36. The van der Waals surface area contributed by atoms with E-state index in [9.17, 15) is 14.0 Å². The summed E-state index contributed by atoms with van der Waals surface area (Å²) in [6.45, 7) is 0. The minimum Gasteiger partial charge on any atom is -0.445 e. The fraction of sp³-hybridized carbons (Fsp3) is 0.133. The van der Waals surface area contributed by atoms with Gasteiger partial charge in [0, 0.05) is 41.1 Å². The Hall–Kier alpha value is -5.25. The molecule has 4 N–H and O–H groups in total. The van der Waals surface area contributed by atoms with E-state index in [4.69, 9.17) is 16.0 Å². The summed E-state index contributed by atoms with van der Waals surface area (Å²) < 4.78 is 33.0. The van der Waals surface area contributed by atoms with Crippen molar-refractivity contribution in [2.45, 2.75) is 24.9 Å². The number of nitrogens with zero attached hydrogens (tertiary/aromatic N) is 5. The predicted octanol–water partition coefficient (Wildman–Crippen LogP) is 6.31. The van der Waals surface area contributed by atoms with Crippen LogP contribution in [0.15, 0.2) is 83.6 Å². The molecule has 13 heteroatoms. The highest BCUT2D eigenvalue weighted by Gasteiger charge is 2.32. The summed E-state index contributed by atoms with van der Waals surface area (Å²) in [5.74, 6) is -1.84. The second kappa shape index (κ2) is 10.9. The summed E-state index contributed by atoms with van der Waals surface area (Å²) in [7, 11) is 0. The molecule has 43 heavy (non-hydrogen) atoms. The molecule has 2 aliphatic rings. The lowest BCUT2D eigenvalue weighted by atomic mass is 10.0. The molecule has 3 aromatic heterocycles. The smallest absolute Gasteiger partial charge is 0.249 e. The first kappa shape index (κ1) is 26.6. The quantitative estimate of drug-likeness (QED) is 0.151. The van der Waals surface area contributed by atoms with E-state index in [2.05, 4.69) is 47.6 Å². The molecule has 0 bridgehead atoms. The minimum atomic E-state index is -1.22. The average molecular weight is 598 g/mol. The van der Waals surface area contributed by atoms with Gasteiger partial charge in [0.05, 0.1) is 51.6 Å². The van der Waals surface area contributed by atoms with Gasteiger partial charge in [-0.25, -0.2) is 14.4 Å². The first-order chi connectivity index (χ1) is 21.0. The van der Waals surface area contributed by atoms with Gasteiger partial charge in [-0.2, -0.15) is 9.65 Å². The first-order valence-electron chi connectivity index (χ1n) is 13.4. The molecular weight excluding hydrogens is 576 g/mol. The van der Waals surface area contributed by atoms with E-state index in [0.717, 1.165) is 41.9 Å². The van der Waals surface area contributed by atoms with E-state index in [1.807, 2.05) is 30.5 Å². The molecule has 7 rings (SSSR count). The number of pyridine rings is 2. The van der Waals surface area contributed by atoms with Crippen molar-refractivity contribution < 1.29 is 13.2 Å². The number of fused-ring (bicyclic) bond motifs is 1. The molecule has 0 unspecified atom stereocenters. The Balaban J connectivity index is 1.31. The Kier molecular flexibility index (Phi) is 6.73. The number of oxazole rings is 1. The normalized spacial score (nSPS) is 15.1. The van der Waals surface area contributed by atoms with Crippen molar-refractivity contribution >= 4 is 39.6 Å². The molecule has 5 aromatic rings. The van der Waals surface area contributed by atoms with E-state index in [0.29, 0.717) is 39.2 Å². The van der Waals surface area contributed by atoms with Gasteiger partial charge in [0.25, 0.3) is 0 Å². The molecule has 0 spiro atoms. The number of halogens is 3.